The molecule has 0 radical (unpaired) electrons. The Morgan fingerprint density at radius 2 is 1.80 bits per heavy atom. The van der Waals surface area contributed by atoms with Gasteiger partial charge in [0.15, 0.2) is 0 Å². The van der Waals surface area contributed by atoms with Crippen molar-refractivity contribution in [3.63, 3.8) is 0 Å². The molecular formula is C8H20FN. The fourth-order valence-corrected chi connectivity index (χ4v) is 0.429. The van der Waals surface area contributed by atoms with Crippen LogP contribution in [0.3, 0.4) is 0 Å². The van der Waals surface area contributed by atoms with E-state index in [-0.39, 0.29) is 12.7 Å². The van der Waals surface area contributed by atoms with E-state index < -0.39 is 0 Å². The summed E-state index contributed by atoms with van der Waals surface area (Å²) in [5, 5.41) is 0. The Morgan fingerprint density at radius 3 is 1.90 bits per heavy atom. The van der Waals surface area contributed by atoms with Gasteiger partial charge in [0.1, 0.15) is 6.67 Å². The molecule has 0 aromatic heterocycles. The first kappa shape index (κ1) is 12.6. The molecule has 1 atom stereocenters. The maximum atomic E-state index is 11.8. The van der Waals surface area contributed by atoms with Gasteiger partial charge in [0.2, 0.25) is 0 Å². The lowest BCUT2D eigenvalue weighted by atomic mass is 10.3. The summed E-state index contributed by atoms with van der Waals surface area (Å²) in [7, 11) is 1.92. The largest absolute Gasteiger partial charge is 0.301 e. The molecule has 0 aliphatic carbocycles. The van der Waals surface area contributed by atoms with Crippen LogP contribution < -0.4 is 0 Å². The third-order valence-electron chi connectivity index (χ3n) is 1.47. The van der Waals surface area contributed by atoms with E-state index in [2.05, 4.69) is 0 Å². The van der Waals surface area contributed by atoms with E-state index in [1.807, 2.05) is 39.6 Å². The summed E-state index contributed by atoms with van der Waals surface area (Å²) in [5.41, 5.74) is 0. The topological polar surface area (TPSA) is 3.24 Å². The lowest BCUT2D eigenvalue weighted by Crippen LogP contribution is -2.30. The molecule has 0 saturated heterocycles. The van der Waals surface area contributed by atoms with Crippen molar-refractivity contribution < 1.29 is 4.39 Å². The van der Waals surface area contributed by atoms with E-state index >= 15 is 0 Å². The molecule has 0 fully saturated rings. The van der Waals surface area contributed by atoms with Crippen molar-refractivity contribution in [2.24, 2.45) is 0 Å². The number of rotatable bonds is 3. The zero-order chi connectivity index (χ0) is 8.57. The molecule has 0 rings (SSSR count). The third-order valence-corrected chi connectivity index (χ3v) is 1.47. The van der Waals surface area contributed by atoms with Gasteiger partial charge in [-0.2, -0.15) is 0 Å². The van der Waals surface area contributed by atoms with Crippen LogP contribution in [0.1, 0.15) is 27.7 Å². The first-order chi connectivity index (χ1) is 4.72. The van der Waals surface area contributed by atoms with Crippen LogP contribution in [0.2, 0.25) is 0 Å². The second kappa shape index (κ2) is 8.89. The average molecular weight is 149 g/mol. The van der Waals surface area contributed by atoms with Crippen LogP contribution in [-0.2, 0) is 0 Å². The Kier molecular flexibility index (Phi) is 11.2. The quantitative estimate of drug-likeness (QED) is 0.595. The second-order valence-corrected chi connectivity index (χ2v) is 2.08. The van der Waals surface area contributed by atoms with E-state index in [4.69, 9.17) is 0 Å². The molecule has 64 valence electrons. The Morgan fingerprint density at radius 1 is 1.40 bits per heavy atom. The number of halogens is 1. The van der Waals surface area contributed by atoms with E-state index in [1.54, 1.807) is 0 Å². The van der Waals surface area contributed by atoms with Crippen LogP contribution >= 0.6 is 0 Å². The van der Waals surface area contributed by atoms with Crippen LogP contribution in [0.4, 0.5) is 4.39 Å². The summed E-state index contributed by atoms with van der Waals surface area (Å²) in [6, 6.07) is 0.0833. The van der Waals surface area contributed by atoms with Crippen LogP contribution in [0, 0.1) is 0 Å². The Balaban J connectivity index is 0. The molecule has 0 aliphatic heterocycles. The van der Waals surface area contributed by atoms with Crippen molar-refractivity contribution >= 4 is 0 Å². The highest BCUT2D eigenvalue weighted by atomic mass is 19.1. The molecule has 0 spiro atoms. The summed E-state index contributed by atoms with van der Waals surface area (Å²) in [5.74, 6) is 0. The minimum absolute atomic E-state index is 0.0833. The lowest BCUT2D eigenvalue weighted by Gasteiger charge is -2.18. The van der Waals surface area contributed by atoms with E-state index in [0.717, 1.165) is 6.54 Å². The molecule has 0 aliphatic rings. The van der Waals surface area contributed by atoms with E-state index in [1.165, 1.54) is 0 Å². The van der Waals surface area contributed by atoms with Gasteiger partial charge in [0, 0.05) is 6.04 Å². The van der Waals surface area contributed by atoms with Crippen molar-refractivity contribution in [1.82, 2.24) is 4.90 Å². The summed E-state index contributed by atoms with van der Waals surface area (Å²) >= 11 is 0. The zero-order valence-electron chi connectivity index (χ0n) is 7.82. The summed E-state index contributed by atoms with van der Waals surface area (Å²) in [6.07, 6.45) is 0. The third kappa shape index (κ3) is 6.02. The minimum Gasteiger partial charge on any atom is -0.301 e. The highest BCUT2D eigenvalue weighted by Gasteiger charge is 2.03. The fraction of sp³-hybridized carbons (Fsp3) is 1.00. The Labute approximate surface area is 64.2 Å². The molecule has 0 bridgehead atoms. The first-order valence-electron chi connectivity index (χ1n) is 3.98. The lowest BCUT2D eigenvalue weighted by molar-refractivity contribution is 0.226. The van der Waals surface area contributed by atoms with Gasteiger partial charge in [-0.05, 0) is 20.5 Å². The molecule has 0 heterocycles. The average Bonchev–Trinajstić information content (AvgIpc) is 2.05. The normalized spacial score (nSPS) is 12.3. The second-order valence-electron chi connectivity index (χ2n) is 2.08. The van der Waals surface area contributed by atoms with E-state index in [0.29, 0.717) is 0 Å². The molecule has 1 unspecified atom stereocenters. The van der Waals surface area contributed by atoms with Gasteiger partial charge in [0.05, 0.1) is 0 Å². The first-order valence-corrected chi connectivity index (χ1v) is 3.98. The molecule has 0 amide bonds. The molecule has 10 heavy (non-hydrogen) atoms. The fourth-order valence-electron chi connectivity index (χ4n) is 0.429. The Bertz CT molecular complexity index is 49.2. The number of alkyl halides is 1. The molecule has 1 nitrogen and oxygen atoms in total. The molecule has 0 saturated carbocycles. The van der Waals surface area contributed by atoms with Crippen molar-refractivity contribution in [3.05, 3.63) is 0 Å². The van der Waals surface area contributed by atoms with E-state index in [9.17, 15) is 4.39 Å². The number of hydrogen-bond acceptors (Lipinski definition) is 1. The highest BCUT2D eigenvalue weighted by molar-refractivity contribution is 4.57. The van der Waals surface area contributed by atoms with Crippen LogP contribution in [-0.4, -0.2) is 31.2 Å². The molecule has 0 N–H and O–H groups in total. The molecular weight excluding hydrogens is 129 g/mol. The van der Waals surface area contributed by atoms with Crippen molar-refractivity contribution in [3.8, 4) is 0 Å². The minimum atomic E-state index is -0.246. The van der Waals surface area contributed by atoms with Gasteiger partial charge in [0.25, 0.3) is 0 Å². The SMILES string of the molecule is CC.CCN(C)C(C)CF. The maximum absolute atomic E-state index is 11.8. The molecule has 0 aromatic carbocycles. The van der Waals surface area contributed by atoms with Crippen LogP contribution in [0.5, 0.6) is 0 Å². The Hall–Kier alpha value is -0.110. The summed E-state index contributed by atoms with van der Waals surface area (Å²) in [6.45, 7) is 8.57. The van der Waals surface area contributed by atoms with Gasteiger partial charge in [-0.25, -0.2) is 4.39 Å². The monoisotopic (exact) mass is 149 g/mol. The highest BCUT2D eigenvalue weighted by Crippen LogP contribution is 1.93. The number of nitrogens with zero attached hydrogens (tertiary/aromatic N) is 1. The smallest absolute Gasteiger partial charge is 0.105 e. The van der Waals surface area contributed by atoms with Crippen LogP contribution in [0.15, 0.2) is 0 Å². The molecule has 2 heteroatoms. The maximum Gasteiger partial charge on any atom is 0.105 e. The van der Waals surface area contributed by atoms with Gasteiger partial charge in [-0.3, -0.25) is 0 Å². The summed E-state index contributed by atoms with van der Waals surface area (Å²) in [4.78, 5) is 1.97. The van der Waals surface area contributed by atoms with Gasteiger partial charge >= 0.3 is 0 Å². The standard InChI is InChI=1S/C6H14FN.C2H6/c1-4-8(3)6(2)5-7;1-2/h6H,4-5H2,1-3H3;1-2H3. The predicted octanol–water partition coefficient (Wildman–Crippen LogP) is 2.32. The zero-order valence-corrected chi connectivity index (χ0v) is 7.82. The van der Waals surface area contributed by atoms with Crippen molar-refractivity contribution in [1.29, 1.82) is 0 Å². The number of hydrogen-bond donors (Lipinski definition) is 0. The van der Waals surface area contributed by atoms with Crippen LogP contribution in [0.25, 0.3) is 0 Å². The molecule has 0 aromatic rings. The van der Waals surface area contributed by atoms with Gasteiger partial charge < -0.3 is 4.90 Å². The van der Waals surface area contributed by atoms with Crippen molar-refractivity contribution in [2.45, 2.75) is 33.7 Å². The predicted molar refractivity (Wildman–Crippen MR) is 45.1 cm³/mol. The summed E-state index contributed by atoms with van der Waals surface area (Å²) < 4.78 is 11.8. The van der Waals surface area contributed by atoms with Crippen molar-refractivity contribution in [2.75, 3.05) is 20.3 Å². The van der Waals surface area contributed by atoms with Gasteiger partial charge in [-0.1, -0.05) is 20.8 Å². The van der Waals surface area contributed by atoms with Gasteiger partial charge in [-0.15, -0.1) is 0 Å².